The number of aromatic nitrogens is 2. The number of thioether (sulfide) groups is 1. The fraction of sp³-hybridized carbons (Fsp3) is 0.600. The Labute approximate surface area is 99.8 Å². The first-order valence-corrected chi connectivity index (χ1v) is 7.84. The van der Waals surface area contributed by atoms with Crippen LogP contribution in [0.4, 0.5) is 0 Å². The molecule has 0 N–H and O–H groups in total. The maximum absolute atomic E-state index is 11.3. The summed E-state index contributed by atoms with van der Waals surface area (Å²) in [5.41, 5.74) is 1.85. The predicted molar refractivity (Wildman–Crippen MR) is 64.4 cm³/mol. The molecule has 0 spiro atoms. The van der Waals surface area contributed by atoms with Gasteiger partial charge in [0.2, 0.25) is 0 Å². The molecule has 2 rings (SSSR count). The Hall–Kier alpha value is -0.620. The van der Waals surface area contributed by atoms with Crippen LogP contribution in [0.5, 0.6) is 0 Å². The van der Waals surface area contributed by atoms with E-state index in [1.165, 1.54) is 11.8 Å². The van der Waals surface area contributed by atoms with Gasteiger partial charge in [0.05, 0.1) is 11.5 Å². The molecule has 0 bridgehead atoms. The van der Waals surface area contributed by atoms with Crippen LogP contribution in [0, 0.1) is 13.8 Å². The molecule has 1 atom stereocenters. The first-order valence-electron chi connectivity index (χ1n) is 5.14. The molecule has 16 heavy (non-hydrogen) atoms. The van der Waals surface area contributed by atoms with Crippen LogP contribution in [0.2, 0.25) is 0 Å². The van der Waals surface area contributed by atoms with E-state index in [0.717, 1.165) is 11.4 Å². The largest absolute Gasteiger partial charge is 0.229 e. The van der Waals surface area contributed by atoms with Gasteiger partial charge in [0.1, 0.15) is 0 Å². The SMILES string of the molecule is Cc1cc(C)nc(S[C@@H]2CCS(=O)(=O)C2)n1. The Kier molecular flexibility index (Phi) is 3.21. The zero-order valence-corrected chi connectivity index (χ0v) is 10.9. The molecule has 0 aliphatic carbocycles. The summed E-state index contributed by atoms with van der Waals surface area (Å²) in [6.07, 6.45) is 0.712. The second-order valence-electron chi connectivity index (χ2n) is 4.08. The molecule has 88 valence electrons. The van der Waals surface area contributed by atoms with Crippen molar-refractivity contribution in [1.29, 1.82) is 0 Å². The van der Waals surface area contributed by atoms with Gasteiger partial charge in [-0.2, -0.15) is 0 Å². The molecule has 4 nitrogen and oxygen atoms in total. The molecule has 0 saturated carbocycles. The molecular formula is C10H14N2O2S2. The minimum atomic E-state index is -2.81. The molecule has 1 aliphatic heterocycles. The zero-order valence-electron chi connectivity index (χ0n) is 9.30. The normalized spacial score (nSPS) is 23.5. The van der Waals surface area contributed by atoms with Crippen LogP contribution in [0.25, 0.3) is 0 Å². The summed E-state index contributed by atoms with van der Waals surface area (Å²) in [6.45, 7) is 3.84. The third-order valence-electron chi connectivity index (χ3n) is 2.42. The van der Waals surface area contributed by atoms with Gasteiger partial charge in [0.15, 0.2) is 15.0 Å². The standard InChI is InChI=1S/C10H14N2O2S2/c1-7-5-8(2)12-10(11-7)15-9-3-4-16(13,14)6-9/h5,9H,3-4,6H2,1-2H3/t9-/m1/s1. The van der Waals surface area contributed by atoms with Crippen molar-refractivity contribution in [2.75, 3.05) is 11.5 Å². The molecule has 0 unspecified atom stereocenters. The van der Waals surface area contributed by atoms with Gasteiger partial charge in [-0.15, -0.1) is 0 Å². The number of aryl methyl sites for hydroxylation is 2. The molecule has 2 heterocycles. The van der Waals surface area contributed by atoms with Gasteiger partial charge < -0.3 is 0 Å². The van der Waals surface area contributed by atoms with Crippen molar-refractivity contribution in [2.45, 2.75) is 30.7 Å². The van der Waals surface area contributed by atoms with Gasteiger partial charge in [-0.05, 0) is 26.3 Å². The van der Waals surface area contributed by atoms with E-state index < -0.39 is 9.84 Å². The molecule has 1 aromatic rings. The van der Waals surface area contributed by atoms with Crippen LogP contribution in [-0.4, -0.2) is 35.1 Å². The van der Waals surface area contributed by atoms with E-state index in [4.69, 9.17) is 0 Å². The Morgan fingerprint density at radius 3 is 2.44 bits per heavy atom. The number of sulfone groups is 1. The van der Waals surface area contributed by atoms with Gasteiger partial charge in [-0.25, -0.2) is 18.4 Å². The molecule has 1 saturated heterocycles. The average Bonchev–Trinajstić information content (AvgIpc) is 2.43. The van der Waals surface area contributed by atoms with Crippen molar-refractivity contribution >= 4 is 21.6 Å². The third kappa shape index (κ3) is 2.95. The number of hydrogen-bond acceptors (Lipinski definition) is 5. The summed E-state index contributed by atoms with van der Waals surface area (Å²) in [5, 5.41) is 0.811. The van der Waals surface area contributed by atoms with Crippen molar-refractivity contribution in [1.82, 2.24) is 9.97 Å². The lowest BCUT2D eigenvalue weighted by atomic mass is 10.4. The lowest BCUT2D eigenvalue weighted by molar-refractivity contribution is 0.602. The molecule has 6 heteroatoms. The van der Waals surface area contributed by atoms with Crippen LogP contribution < -0.4 is 0 Å². The van der Waals surface area contributed by atoms with Crippen LogP contribution >= 0.6 is 11.8 Å². The number of hydrogen-bond donors (Lipinski definition) is 0. The van der Waals surface area contributed by atoms with E-state index in [-0.39, 0.29) is 11.0 Å². The second-order valence-corrected chi connectivity index (χ2v) is 7.57. The fourth-order valence-corrected chi connectivity index (χ4v) is 5.26. The molecule has 0 amide bonds. The van der Waals surface area contributed by atoms with E-state index in [9.17, 15) is 8.42 Å². The summed E-state index contributed by atoms with van der Waals surface area (Å²) in [5.74, 6) is 0.559. The van der Waals surface area contributed by atoms with Crippen LogP contribution in [0.3, 0.4) is 0 Å². The third-order valence-corrected chi connectivity index (χ3v) is 5.53. The quantitative estimate of drug-likeness (QED) is 0.750. The predicted octanol–water partition coefficient (Wildman–Crippen LogP) is 1.37. The van der Waals surface area contributed by atoms with Crippen molar-refractivity contribution in [2.24, 2.45) is 0 Å². The first-order chi connectivity index (χ1) is 7.44. The maximum Gasteiger partial charge on any atom is 0.188 e. The smallest absolute Gasteiger partial charge is 0.188 e. The van der Waals surface area contributed by atoms with Crippen molar-refractivity contribution < 1.29 is 8.42 Å². The van der Waals surface area contributed by atoms with Gasteiger partial charge in [0.25, 0.3) is 0 Å². The van der Waals surface area contributed by atoms with E-state index in [1.54, 1.807) is 0 Å². The van der Waals surface area contributed by atoms with E-state index in [0.29, 0.717) is 17.3 Å². The Bertz CT molecular complexity index is 479. The van der Waals surface area contributed by atoms with Gasteiger partial charge in [0, 0.05) is 16.6 Å². The van der Waals surface area contributed by atoms with Crippen molar-refractivity contribution in [3.8, 4) is 0 Å². The Morgan fingerprint density at radius 1 is 1.31 bits per heavy atom. The van der Waals surface area contributed by atoms with Crippen molar-refractivity contribution in [3.63, 3.8) is 0 Å². The highest BCUT2D eigenvalue weighted by Crippen LogP contribution is 2.28. The van der Waals surface area contributed by atoms with Crippen LogP contribution in [0.1, 0.15) is 17.8 Å². The molecule has 1 aliphatic rings. The fourth-order valence-electron chi connectivity index (χ4n) is 1.75. The van der Waals surface area contributed by atoms with E-state index in [2.05, 4.69) is 9.97 Å². The van der Waals surface area contributed by atoms with Gasteiger partial charge >= 0.3 is 0 Å². The molecule has 1 aromatic heterocycles. The van der Waals surface area contributed by atoms with Crippen molar-refractivity contribution in [3.05, 3.63) is 17.5 Å². The van der Waals surface area contributed by atoms with E-state index >= 15 is 0 Å². The lowest BCUT2D eigenvalue weighted by Crippen LogP contribution is -2.07. The topological polar surface area (TPSA) is 59.9 Å². The minimum absolute atomic E-state index is 0.117. The number of rotatable bonds is 2. The highest BCUT2D eigenvalue weighted by Gasteiger charge is 2.29. The van der Waals surface area contributed by atoms with Gasteiger partial charge in [-0.1, -0.05) is 11.8 Å². The van der Waals surface area contributed by atoms with Crippen LogP contribution in [-0.2, 0) is 9.84 Å². The Balaban J connectivity index is 2.10. The maximum atomic E-state index is 11.3. The summed E-state index contributed by atoms with van der Waals surface area (Å²) < 4.78 is 22.6. The number of nitrogens with zero attached hydrogens (tertiary/aromatic N) is 2. The van der Waals surface area contributed by atoms with E-state index in [1.807, 2.05) is 19.9 Å². The van der Waals surface area contributed by atoms with Gasteiger partial charge in [-0.3, -0.25) is 0 Å². The molecule has 0 aromatic carbocycles. The first kappa shape index (κ1) is 11.9. The zero-order chi connectivity index (χ0) is 11.8. The highest BCUT2D eigenvalue weighted by atomic mass is 32.2. The molecule has 0 radical (unpaired) electrons. The monoisotopic (exact) mass is 258 g/mol. The van der Waals surface area contributed by atoms with Crippen LogP contribution in [0.15, 0.2) is 11.2 Å². The molecular weight excluding hydrogens is 244 g/mol. The average molecular weight is 258 g/mol. The molecule has 1 fully saturated rings. The minimum Gasteiger partial charge on any atom is -0.229 e. The lowest BCUT2D eigenvalue weighted by Gasteiger charge is -2.06. The highest BCUT2D eigenvalue weighted by molar-refractivity contribution is 8.01. The second kappa shape index (κ2) is 4.33. The Morgan fingerprint density at radius 2 is 1.94 bits per heavy atom. The summed E-state index contributed by atoms with van der Waals surface area (Å²) in [7, 11) is -2.81. The summed E-state index contributed by atoms with van der Waals surface area (Å²) in [4.78, 5) is 8.60. The summed E-state index contributed by atoms with van der Waals surface area (Å²) >= 11 is 1.48. The summed E-state index contributed by atoms with van der Waals surface area (Å²) in [6, 6.07) is 1.91.